The van der Waals surface area contributed by atoms with E-state index in [1.165, 1.54) is 22.2 Å². The summed E-state index contributed by atoms with van der Waals surface area (Å²) in [5.74, 6) is 0. The molecular weight excluding hydrogens is 290 g/mol. The second-order valence-electron chi connectivity index (χ2n) is 4.34. The van der Waals surface area contributed by atoms with Crippen LogP contribution in [0.2, 0.25) is 0 Å². The van der Waals surface area contributed by atoms with Crippen LogP contribution >= 0.6 is 23.6 Å². The first kappa shape index (κ1) is 13.0. The van der Waals surface area contributed by atoms with E-state index in [0.29, 0.717) is 5.39 Å². The molecule has 1 aromatic carbocycles. The quantitative estimate of drug-likeness (QED) is 0.755. The molecule has 0 amide bonds. The maximum atomic E-state index is 12.3. The van der Waals surface area contributed by atoms with Crippen molar-refractivity contribution in [3.8, 4) is 10.4 Å². The van der Waals surface area contributed by atoms with Gasteiger partial charge in [0.05, 0.1) is 23.2 Å². The van der Waals surface area contributed by atoms with E-state index in [9.17, 15) is 4.79 Å². The van der Waals surface area contributed by atoms with Gasteiger partial charge in [0.2, 0.25) is 0 Å². The molecule has 3 aromatic rings. The molecule has 0 saturated carbocycles. The van der Waals surface area contributed by atoms with Crippen LogP contribution in [-0.2, 0) is 6.54 Å². The van der Waals surface area contributed by atoms with Gasteiger partial charge in [0.15, 0.2) is 0 Å². The first-order chi connectivity index (χ1) is 9.65. The Labute approximate surface area is 124 Å². The molecule has 20 heavy (non-hydrogen) atoms. The van der Waals surface area contributed by atoms with Crippen molar-refractivity contribution in [2.24, 2.45) is 5.73 Å². The first-order valence-corrected chi connectivity index (χ1v) is 7.20. The standard InChI is InChI=1S/C14H11N3OS2/c15-12(19)7-17-8-16-13-10(14(17)18)6-11(20-13)9-4-2-1-3-5-9/h1-6,8H,7H2,(H2,15,19). The normalized spacial score (nSPS) is 10.8. The van der Waals surface area contributed by atoms with E-state index in [2.05, 4.69) is 4.98 Å². The number of nitrogens with two attached hydrogens (primary N) is 1. The van der Waals surface area contributed by atoms with E-state index in [1.54, 1.807) is 0 Å². The predicted octanol–water partition coefficient (Wildman–Crippen LogP) is 2.41. The molecule has 2 aromatic heterocycles. The van der Waals surface area contributed by atoms with Gasteiger partial charge in [0, 0.05) is 4.88 Å². The van der Waals surface area contributed by atoms with E-state index in [4.69, 9.17) is 18.0 Å². The average molecular weight is 301 g/mol. The van der Waals surface area contributed by atoms with Gasteiger partial charge in [-0.05, 0) is 11.6 Å². The fraction of sp³-hybridized carbons (Fsp3) is 0.0714. The highest BCUT2D eigenvalue weighted by molar-refractivity contribution is 7.80. The Balaban J connectivity index is 2.15. The third kappa shape index (κ3) is 2.35. The maximum Gasteiger partial charge on any atom is 0.262 e. The summed E-state index contributed by atoms with van der Waals surface area (Å²) >= 11 is 6.34. The number of benzene rings is 1. The summed E-state index contributed by atoms with van der Waals surface area (Å²) < 4.78 is 1.44. The summed E-state index contributed by atoms with van der Waals surface area (Å²) in [4.78, 5) is 18.7. The molecule has 100 valence electrons. The van der Waals surface area contributed by atoms with Gasteiger partial charge < -0.3 is 5.73 Å². The van der Waals surface area contributed by atoms with Crippen LogP contribution in [0.4, 0.5) is 0 Å². The van der Waals surface area contributed by atoms with Crippen LogP contribution < -0.4 is 11.3 Å². The molecule has 0 aliphatic rings. The molecule has 0 fully saturated rings. The lowest BCUT2D eigenvalue weighted by atomic mass is 10.2. The molecule has 0 saturated heterocycles. The van der Waals surface area contributed by atoms with Crippen molar-refractivity contribution in [2.45, 2.75) is 6.54 Å². The summed E-state index contributed by atoms with van der Waals surface area (Å²) in [5, 5.41) is 0.604. The van der Waals surface area contributed by atoms with E-state index in [1.807, 2.05) is 36.4 Å². The molecule has 2 heterocycles. The van der Waals surface area contributed by atoms with Gasteiger partial charge in [0.25, 0.3) is 5.56 Å². The SMILES string of the molecule is NC(=S)Cn1cnc2sc(-c3ccccc3)cc2c1=O. The van der Waals surface area contributed by atoms with Gasteiger partial charge in [-0.15, -0.1) is 11.3 Å². The molecule has 4 nitrogen and oxygen atoms in total. The zero-order chi connectivity index (χ0) is 14.1. The van der Waals surface area contributed by atoms with Gasteiger partial charge in [-0.3, -0.25) is 9.36 Å². The van der Waals surface area contributed by atoms with Crippen molar-refractivity contribution in [3.63, 3.8) is 0 Å². The number of fused-ring (bicyclic) bond motifs is 1. The molecule has 0 unspecified atom stereocenters. The zero-order valence-corrected chi connectivity index (χ0v) is 12.1. The lowest BCUT2D eigenvalue weighted by Gasteiger charge is -2.02. The highest BCUT2D eigenvalue weighted by atomic mass is 32.1. The molecule has 0 atom stereocenters. The Morgan fingerprint density at radius 1 is 1.35 bits per heavy atom. The third-order valence-electron chi connectivity index (χ3n) is 2.90. The minimum atomic E-state index is -0.110. The zero-order valence-electron chi connectivity index (χ0n) is 10.4. The average Bonchev–Trinajstić information content (AvgIpc) is 2.87. The Kier molecular flexibility index (Phi) is 3.33. The number of thiocarbonyl (C=S) groups is 1. The van der Waals surface area contributed by atoms with Crippen molar-refractivity contribution in [3.05, 3.63) is 53.1 Å². The molecule has 6 heteroatoms. The van der Waals surface area contributed by atoms with Crippen molar-refractivity contribution in [2.75, 3.05) is 0 Å². The van der Waals surface area contributed by atoms with Crippen LogP contribution in [0.1, 0.15) is 0 Å². The predicted molar refractivity (Wildman–Crippen MR) is 86.1 cm³/mol. The Morgan fingerprint density at radius 2 is 2.10 bits per heavy atom. The molecule has 0 aliphatic carbocycles. The van der Waals surface area contributed by atoms with Crippen LogP contribution in [-0.4, -0.2) is 14.5 Å². The smallest absolute Gasteiger partial charge is 0.262 e. The number of nitrogens with zero attached hydrogens (tertiary/aromatic N) is 2. The Morgan fingerprint density at radius 3 is 2.80 bits per heavy atom. The van der Waals surface area contributed by atoms with Gasteiger partial charge in [-0.2, -0.15) is 0 Å². The van der Waals surface area contributed by atoms with Crippen molar-refractivity contribution in [1.29, 1.82) is 0 Å². The van der Waals surface area contributed by atoms with Gasteiger partial charge in [-0.1, -0.05) is 42.5 Å². The van der Waals surface area contributed by atoms with Crippen LogP contribution in [0.5, 0.6) is 0 Å². The van der Waals surface area contributed by atoms with Gasteiger partial charge in [0.1, 0.15) is 4.83 Å². The summed E-state index contributed by atoms with van der Waals surface area (Å²) in [7, 11) is 0. The molecule has 0 aliphatic heterocycles. The fourth-order valence-corrected chi connectivity index (χ4v) is 3.12. The van der Waals surface area contributed by atoms with Crippen molar-refractivity contribution >= 4 is 38.8 Å². The monoisotopic (exact) mass is 301 g/mol. The summed E-state index contributed by atoms with van der Waals surface area (Å²) in [5.41, 5.74) is 6.45. The third-order valence-corrected chi connectivity index (χ3v) is 4.12. The minimum absolute atomic E-state index is 0.110. The van der Waals surface area contributed by atoms with Crippen LogP contribution in [0.25, 0.3) is 20.7 Å². The van der Waals surface area contributed by atoms with E-state index >= 15 is 0 Å². The lowest BCUT2D eigenvalue weighted by Crippen LogP contribution is -2.26. The maximum absolute atomic E-state index is 12.3. The van der Waals surface area contributed by atoms with Crippen LogP contribution in [0.15, 0.2) is 47.5 Å². The number of hydrogen-bond acceptors (Lipinski definition) is 4. The Hall–Kier alpha value is -2.05. The van der Waals surface area contributed by atoms with Gasteiger partial charge in [-0.25, -0.2) is 4.98 Å². The van der Waals surface area contributed by atoms with E-state index < -0.39 is 0 Å². The molecular formula is C14H11N3OS2. The Bertz CT molecular complexity index is 836. The fourth-order valence-electron chi connectivity index (χ4n) is 1.99. The second-order valence-corrected chi connectivity index (χ2v) is 5.89. The second kappa shape index (κ2) is 5.15. The summed E-state index contributed by atoms with van der Waals surface area (Å²) in [6, 6.07) is 11.8. The van der Waals surface area contributed by atoms with E-state index in [0.717, 1.165) is 15.3 Å². The topological polar surface area (TPSA) is 60.9 Å². The number of hydrogen-bond donors (Lipinski definition) is 1. The molecule has 3 rings (SSSR count). The molecule has 0 bridgehead atoms. The number of rotatable bonds is 3. The minimum Gasteiger partial charge on any atom is -0.392 e. The molecule has 0 spiro atoms. The van der Waals surface area contributed by atoms with E-state index in [-0.39, 0.29) is 17.1 Å². The van der Waals surface area contributed by atoms with Gasteiger partial charge >= 0.3 is 0 Å². The highest BCUT2D eigenvalue weighted by Gasteiger charge is 2.10. The van der Waals surface area contributed by atoms with Crippen molar-refractivity contribution < 1.29 is 0 Å². The molecule has 0 radical (unpaired) electrons. The van der Waals surface area contributed by atoms with Crippen LogP contribution in [0, 0.1) is 0 Å². The lowest BCUT2D eigenvalue weighted by molar-refractivity contribution is 0.796. The van der Waals surface area contributed by atoms with Crippen LogP contribution in [0.3, 0.4) is 0 Å². The first-order valence-electron chi connectivity index (χ1n) is 5.98. The molecule has 2 N–H and O–H groups in total. The summed E-state index contributed by atoms with van der Waals surface area (Å²) in [6.45, 7) is 0.216. The van der Waals surface area contributed by atoms with Crippen molar-refractivity contribution in [1.82, 2.24) is 9.55 Å². The summed E-state index contributed by atoms with van der Waals surface area (Å²) in [6.07, 6.45) is 1.50. The number of thiophene rings is 1. The number of aromatic nitrogens is 2. The highest BCUT2D eigenvalue weighted by Crippen LogP contribution is 2.30. The largest absolute Gasteiger partial charge is 0.392 e.